The van der Waals surface area contributed by atoms with Crippen molar-refractivity contribution >= 4 is 43.9 Å². The minimum absolute atomic E-state index is 0.129. The van der Waals surface area contributed by atoms with E-state index in [1.165, 1.54) is 11.1 Å². The van der Waals surface area contributed by atoms with Crippen LogP contribution < -0.4 is 0 Å². The molecule has 0 aliphatic rings. The van der Waals surface area contributed by atoms with Gasteiger partial charge < -0.3 is 8.83 Å². The monoisotopic (exact) mass is 467 g/mol. The van der Waals surface area contributed by atoms with Crippen LogP contribution in [0.3, 0.4) is 0 Å². The molecule has 4 aromatic carbocycles. The Balaban J connectivity index is 1.40. The first-order chi connectivity index (χ1) is 17.5. The minimum atomic E-state index is 0.129. The Hall–Kier alpha value is -4.37. The van der Waals surface area contributed by atoms with E-state index in [0.29, 0.717) is 0 Å². The molecular formula is C33H25NO2. The first-order valence-electron chi connectivity index (χ1n) is 12.3. The Labute approximate surface area is 209 Å². The van der Waals surface area contributed by atoms with Crippen LogP contribution in [0.4, 0.5) is 0 Å². The summed E-state index contributed by atoms with van der Waals surface area (Å²) in [5, 5.41) is 4.28. The third kappa shape index (κ3) is 3.16. The van der Waals surface area contributed by atoms with Gasteiger partial charge in [-0.3, -0.25) is 4.98 Å². The molecule has 0 spiro atoms. The predicted octanol–water partition coefficient (Wildman–Crippen LogP) is 9.51. The van der Waals surface area contributed by atoms with E-state index >= 15 is 0 Å². The molecule has 0 saturated carbocycles. The maximum Gasteiger partial charge on any atom is 0.178 e. The van der Waals surface area contributed by atoms with Crippen molar-refractivity contribution in [2.45, 2.75) is 26.2 Å². The highest BCUT2D eigenvalue weighted by molar-refractivity contribution is 6.20. The van der Waals surface area contributed by atoms with Gasteiger partial charge in [0.1, 0.15) is 11.2 Å². The third-order valence-corrected chi connectivity index (χ3v) is 7.13. The Morgan fingerprint density at radius 1 is 0.583 bits per heavy atom. The van der Waals surface area contributed by atoms with Crippen LogP contribution in [-0.2, 0) is 5.41 Å². The molecule has 0 unspecified atom stereocenters. The summed E-state index contributed by atoms with van der Waals surface area (Å²) in [5.74, 6) is 0. The van der Waals surface area contributed by atoms with Crippen molar-refractivity contribution in [1.82, 2.24) is 4.98 Å². The van der Waals surface area contributed by atoms with Crippen molar-refractivity contribution in [1.29, 1.82) is 0 Å². The van der Waals surface area contributed by atoms with Gasteiger partial charge in [-0.15, -0.1) is 0 Å². The number of furan rings is 2. The van der Waals surface area contributed by atoms with E-state index in [0.717, 1.165) is 60.7 Å². The number of pyridine rings is 1. The number of aromatic nitrogens is 1. The van der Waals surface area contributed by atoms with Crippen LogP contribution >= 0.6 is 0 Å². The topological polar surface area (TPSA) is 39.2 Å². The highest BCUT2D eigenvalue weighted by atomic mass is 16.4. The lowest BCUT2D eigenvalue weighted by molar-refractivity contribution is 0.590. The zero-order valence-corrected chi connectivity index (χ0v) is 20.5. The number of hydrogen-bond acceptors (Lipinski definition) is 3. The fraction of sp³-hybridized carbons (Fsp3) is 0.121. The van der Waals surface area contributed by atoms with Crippen LogP contribution in [0.2, 0.25) is 0 Å². The summed E-state index contributed by atoms with van der Waals surface area (Å²) in [6.07, 6.45) is 1.88. The van der Waals surface area contributed by atoms with Gasteiger partial charge in [0, 0.05) is 33.3 Å². The van der Waals surface area contributed by atoms with E-state index in [1.54, 1.807) is 0 Å². The quantitative estimate of drug-likeness (QED) is 0.254. The molecular weight excluding hydrogens is 442 g/mol. The van der Waals surface area contributed by atoms with Gasteiger partial charge in [0.05, 0.1) is 5.69 Å². The van der Waals surface area contributed by atoms with Crippen LogP contribution in [-0.4, -0.2) is 4.98 Å². The molecule has 0 N–H and O–H groups in total. The van der Waals surface area contributed by atoms with Gasteiger partial charge in [-0.05, 0) is 58.5 Å². The second kappa shape index (κ2) is 7.56. The first-order valence-corrected chi connectivity index (χ1v) is 12.3. The summed E-state index contributed by atoms with van der Waals surface area (Å²) in [7, 11) is 0. The Bertz CT molecular complexity index is 1910. The second-order valence-electron chi connectivity index (χ2n) is 10.5. The van der Waals surface area contributed by atoms with E-state index in [9.17, 15) is 0 Å². The largest absolute Gasteiger partial charge is 0.452 e. The zero-order valence-electron chi connectivity index (χ0n) is 20.5. The van der Waals surface area contributed by atoms with Crippen LogP contribution in [0.1, 0.15) is 26.3 Å². The van der Waals surface area contributed by atoms with Gasteiger partial charge in [-0.2, -0.15) is 0 Å². The highest BCUT2D eigenvalue weighted by Gasteiger charge is 2.19. The Morgan fingerprint density at radius 3 is 2.08 bits per heavy atom. The SMILES string of the molecule is CC(C)(C)c1ccc(-c2ccnc(-c3cccc4c3oc3c4ccc4c5ccccc5oc43)c2)cc1. The second-order valence-corrected chi connectivity index (χ2v) is 10.5. The van der Waals surface area contributed by atoms with E-state index in [-0.39, 0.29) is 5.41 Å². The van der Waals surface area contributed by atoms with Crippen LogP contribution in [0.25, 0.3) is 66.3 Å². The normalized spacial score (nSPS) is 12.3. The number of benzene rings is 4. The number of fused-ring (bicyclic) bond motifs is 7. The molecule has 0 radical (unpaired) electrons. The van der Waals surface area contributed by atoms with Crippen LogP contribution in [0, 0.1) is 0 Å². The van der Waals surface area contributed by atoms with Crippen molar-refractivity contribution in [3.63, 3.8) is 0 Å². The number of hydrogen-bond donors (Lipinski definition) is 0. The molecule has 174 valence electrons. The van der Waals surface area contributed by atoms with E-state index in [2.05, 4.69) is 93.6 Å². The molecule has 0 bridgehead atoms. The molecule has 0 aliphatic heterocycles. The van der Waals surface area contributed by atoms with E-state index < -0.39 is 0 Å². The molecule has 3 heterocycles. The molecule has 3 aromatic heterocycles. The maximum atomic E-state index is 6.55. The number of para-hydroxylation sites is 2. The van der Waals surface area contributed by atoms with Gasteiger partial charge in [0.2, 0.25) is 0 Å². The smallest absolute Gasteiger partial charge is 0.178 e. The minimum Gasteiger partial charge on any atom is -0.452 e. The van der Waals surface area contributed by atoms with Gasteiger partial charge in [0.15, 0.2) is 11.2 Å². The summed E-state index contributed by atoms with van der Waals surface area (Å²) in [4.78, 5) is 4.73. The predicted molar refractivity (Wildman–Crippen MR) is 148 cm³/mol. The lowest BCUT2D eigenvalue weighted by Crippen LogP contribution is -2.10. The van der Waals surface area contributed by atoms with Crippen LogP contribution in [0.5, 0.6) is 0 Å². The first kappa shape index (κ1) is 21.0. The van der Waals surface area contributed by atoms with Crippen molar-refractivity contribution in [2.75, 3.05) is 0 Å². The Kier molecular flexibility index (Phi) is 4.40. The van der Waals surface area contributed by atoms with Crippen LogP contribution in [0.15, 0.2) is 106 Å². The zero-order chi connectivity index (χ0) is 24.4. The molecule has 7 rings (SSSR count). The molecule has 0 saturated heterocycles. The molecule has 0 aliphatic carbocycles. The average molecular weight is 468 g/mol. The summed E-state index contributed by atoms with van der Waals surface area (Å²) < 4.78 is 12.8. The molecule has 3 nitrogen and oxygen atoms in total. The number of nitrogens with zero attached hydrogens (tertiary/aromatic N) is 1. The van der Waals surface area contributed by atoms with E-state index in [4.69, 9.17) is 13.8 Å². The van der Waals surface area contributed by atoms with Gasteiger partial charge in [0.25, 0.3) is 0 Å². The van der Waals surface area contributed by atoms with Crippen molar-refractivity contribution < 1.29 is 8.83 Å². The third-order valence-electron chi connectivity index (χ3n) is 7.13. The molecule has 0 fully saturated rings. The standard InChI is InChI=1S/C33H25NO2/c1-33(2,3)22-13-11-20(12-14-22)21-17-18-34-28(19-21)27-9-6-8-24-26-16-15-25-23-7-4-5-10-29(23)35-31(25)32(26)36-30(24)27/h4-19H,1-3H3. The highest BCUT2D eigenvalue weighted by Crippen LogP contribution is 2.41. The van der Waals surface area contributed by atoms with Crippen molar-refractivity contribution in [3.8, 4) is 22.4 Å². The van der Waals surface area contributed by atoms with Gasteiger partial charge >= 0.3 is 0 Å². The summed E-state index contributed by atoms with van der Waals surface area (Å²) in [5.41, 5.74) is 8.88. The maximum absolute atomic E-state index is 6.55. The molecule has 7 aromatic rings. The fourth-order valence-electron chi connectivity index (χ4n) is 5.16. The Morgan fingerprint density at radius 2 is 1.28 bits per heavy atom. The van der Waals surface area contributed by atoms with Crippen molar-refractivity contribution in [2.24, 2.45) is 0 Å². The van der Waals surface area contributed by atoms with Gasteiger partial charge in [-0.25, -0.2) is 0 Å². The summed E-state index contributed by atoms with van der Waals surface area (Å²) >= 11 is 0. The fourth-order valence-corrected chi connectivity index (χ4v) is 5.16. The molecule has 3 heteroatoms. The lowest BCUT2D eigenvalue weighted by Gasteiger charge is -2.19. The lowest BCUT2D eigenvalue weighted by atomic mass is 9.86. The molecule has 0 atom stereocenters. The van der Waals surface area contributed by atoms with Crippen molar-refractivity contribution in [3.05, 3.63) is 103 Å². The van der Waals surface area contributed by atoms with E-state index in [1.807, 2.05) is 24.4 Å². The molecule has 36 heavy (non-hydrogen) atoms. The van der Waals surface area contributed by atoms with Gasteiger partial charge in [-0.1, -0.05) is 75.4 Å². The summed E-state index contributed by atoms with van der Waals surface area (Å²) in [6.45, 7) is 6.71. The number of rotatable bonds is 2. The summed E-state index contributed by atoms with van der Waals surface area (Å²) in [6, 6.07) is 31.7. The average Bonchev–Trinajstić information content (AvgIpc) is 3.47. The molecule has 0 amide bonds.